The number of nitrogens with zero attached hydrogens (tertiary/aromatic N) is 1. The Morgan fingerprint density at radius 2 is 1.96 bits per heavy atom. The molecule has 1 saturated heterocycles. The fourth-order valence-electron chi connectivity index (χ4n) is 4.81. The first-order chi connectivity index (χ1) is 11.4. The molecule has 2 fully saturated rings. The summed E-state index contributed by atoms with van der Waals surface area (Å²) in [6.07, 6.45) is 14.1. The lowest BCUT2D eigenvalue weighted by Gasteiger charge is -2.44. The molecule has 2 heteroatoms. The zero-order valence-electron chi connectivity index (χ0n) is 14.0. The van der Waals surface area contributed by atoms with E-state index in [-0.39, 0.29) is 0 Å². The average Bonchev–Trinajstić information content (AvgIpc) is 3.08. The van der Waals surface area contributed by atoms with Crippen molar-refractivity contribution in [3.8, 4) is 0 Å². The number of nitrogens with one attached hydrogen (secondary N) is 1. The molecule has 2 nitrogen and oxygen atoms in total. The van der Waals surface area contributed by atoms with Crippen LogP contribution < -0.4 is 5.32 Å². The number of rotatable bonds is 3. The summed E-state index contributed by atoms with van der Waals surface area (Å²) in [6.45, 7) is 4.74. The topological polar surface area (TPSA) is 15.3 Å². The van der Waals surface area contributed by atoms with Crippen LogP contribution in [0.2, 0.25) is 0 Å². The van der Waals surface area contributed by atoms with Gasteiger partial charge in [0.15, 0.2) is 0 Å². The second-order valence-corrected chi connectivity index (χ2v) is 7.53. The Balaban J connectivity index is 1.41. The molecule has 1 saturated carbocycles. The number of hydrogen-bond acceptors (Lipinski definition) is 2. The van der Waals surface area contributed by atoms with Crippen LogP contribution in [0, 0.1) is 11.3 Å². The van der Waals surface area contributed by atoms with Crippen molar-refractivity contribution in [3.63, 3.8) is 0 Å². The van der Waals surface area contributed by atoms with Crippen LogP contribution >= 0.6 is 0 Å². The van der Waals surface area contributed by atoms with Gasteiger partial charge >= 0.3 is 0 Å². The lowest BCUT2D eigenvalue weighted by atomic mass is 9.70. The minimum Gasteiger partial charge on any atom is -0.373 e. The van der Waals surface area contributed by atoms with Crippen molar-refractivity contribution in [2.75, 3.05) is 26.2 Å². The third kappa shape index (κ3) is 3.10. The van der Waals surface area contributed by atoms with Gasteiger partial charge in [0.25, 0.3) is 0 Å². The van der Waals surface area contributed by atoms with Gasteiger partial charge < -0.3 is 10.2 Å². The molecule has 1 aromatic carbocycles. The molecule has 1 atom stereocenters. The molecule has 0 amide bonds. The maximum Gasteiger partial charge on any atom is 0.0363 e. The molecule has 4 rings (SSSR count). The quantitative estimate of drug-likeness (QED) is 0.905. The van der Waals surface area contributed by atoms with E-state index in [1.165, 1.54) is 62.9 Å². The van der Waals surface area contributed by atoms with Crippen molar-refractivity contribution in [2.24, 2.45) is 11.3 Å². The van der Waals surface area contributed by atoms with Crippen LogP contribution in [0.4, 0.5) is 0 Å². The van der Waals surface area contributed by atoms with Crippen molar-refractivity contribution in [1.82, 2.24) is 10.2 Å². The summed E-state index contributed by atoms with van der Waals surface area (Å²) >= 11 is 0. The third-order valence-corrected chi connectivity index (χ3v) is 6.18. The molecule has 0 bridgehead atoms. The highest BCUT2D eigenvalue weighted by Gasteiger charge is 2.42. The van der Waals surface area contributed by atoms with Crippen LogP contribution in [0.15, 0.2) is 48.7 Å². The van der Waals surface area contributed by atoms with Gasteiger partial charge in [-0.2, -0.15) is 0 Å². The lowest BCUT2D eigenvalue weighted by molar-refractivity contribution is 0.0934. The van der Waals surface area contributed by atoms with Crippen molar-refractivity contribution in [1.29, 1.82) is 0 Å². The van der Waals surface area contributed by atoms with Gasteiger partial charge in [0.2, 0.25) is 0 Å². The van der Waals surface area contributed by atoms with Crippen LogP contribution in [0.25, 0.3) is 5.57 Å². The molecule has 2 aliphatic heterocycles. The van der Waals surface area contributed by atoms with E-state index in [0.29, 0.717) is 5.41 Å². The molecule has 122 valence electrons. The van der Waals surface area contributed by atoms with Crippen LogP contribution in [-0.4, -0.2) is 31.1 Å². The van der Waals surface area contributed by atoms with Crippen LogP contribution in [0.5, 0.6) is 0 Å². The summed E-state index contributed by atoms with van der Waals surface area (Å²) in [5.41, 5.74) is 3.29. The highest BCUT2D eigenvalue weighted by atomic mass is 15.1. The monoisotopic (exact) mass is 308 g/mol. The van der Waals surface area contributed by atoms with E-state index < -0.39 is 0 Å². The summed E-state index contributed by atoms with van der Waals surface area (Å²) in [7, 11) is 0. The predicted molar refractivity (Wildman–Crippen MR) is 97.0 cm³/mol. The molecule has 0 aromatic heterocycles. The Morgan fingerprint density at radius 3 is 2.70 bits per heavy atom. The van der Waals surface area contributed by atoms with E-state index in [4.69, 9.17) is 0 Å². The second kappa shape index (κ2) is 6.52. The Morgan fingerprint density at radius 1 is 1.13 bits per heavy atom. The summed E-state index contributed by atoms with van der Waals surface area (Å²) in [6, 6.07) is 10.7. The van der Waals surface area contributed by atoms with Gasteiger partial charge in [-0.3, -0.25) is 0 Å². The Bertz CT molecular complexity index is 581. The van der Waals surface area contributed by atoms with Crippen LogP contribution in [0.3, 0.4) is 0 Å². The van der Waals surface area contributed by atoms with E-state index in [0.717, 1.165) is 12.5 Å². The number of piperidine rings is 1. The first-order valence-electron chi connectivity index (χ1n) is 9.24. The van der Waals surface area contributed by atoms with E-state index in [1.807, 2.05) is 0 Å². The van der Waals surface area contributed by atoms with E-state index in [1.54, 1.807) is 0 Å². The average molecular weight is 308 g/mol. The maximum absolute atomic E-state index is 3.66. The van der Waals surface area contributed by atoms with Gasteiger partial charge in [-0.15, -0.1) is 0 Å². The standard InChI is InChI=1S/C21H28N2/c1-2-6-18(7-3-1)19-9-14-23(15-10-19)16-20-8-13-22-17-21(20)11-4-5-12-21/h1-3,6-7,9-10,14,20,22H,4-5,8,11-13,15-17H2/t20-/m0/s1. The SMILES string of the molecule is C1=CN(C[C@@H]2CCNCC23CCCC3)CC=C1c1ccccc1. The first kappa shape index (κ1) is 15.0. The predicted octanol–water partition coefficient (Wildman–Crippen LogP) is 4.07. The molecular weight excluding hydrogens is 280 g/mol. The lowest BCUT2D eigenvalue weighted by Crippen LogP contribution is -2.48. The fourth-order valence-corrected chi connectivity index (χ4v) is 4.81. The molecule has 1 aliphatic carbocycles. The first-order valence-corrected chi connectivity index (χ1v) is 9.24. The van der Waals surface area contributed by atoms with Crippen molar-refractivity contribution in [2.45, 2.75) is 32.1 Å². The Kier molecular flexibility index (Phi) is 4.26. The smallest absolute Gasteiger partial charge is 0.0363 e. The van der Waals surface area contributed by atoms with Gasteiger partial charge in [-0.1, -0.05) is 49.2 Å². The number of benzene rings is 1. The number of allylic oxidation sites excluding steroid dienone is 2. The molecule has 1 N–H and O–H groups in total. The Hall–Kier alpha value is -1.54. The zero-order chi connectivity index (χ0) is 15.5. The normalized spacial score (nSPS) is 26.5. The third-order valence-electron chi connectivity index (χ3n) is 6.18. The summed E-state index contributed by atoms with van der Waals surface area (Å²) < 4.78 is 0. The molecule has 0 radical (unpaired) electrons. The van der Waals surface area contributed by atoms with Crippen molar-refractivity contribution < 1.29 is 0 Å². The minimum atomic E-state index is 0.593. The molecule has 1 aromatic rings. The van der Waals surface area contributed by atoms with Crippen molar-refractivity contribution in [3.05, 3.63) is 54.2 Å². The zero-order valence-corrected chi connectivity index (χ0v) is 14.0. The minimum absolute atomic E-state index is 0.593. The molecule has 2 heterocycles. The van der Waals surface area contributed by atoms with Gasteiger partial charge in [0.1, 0.15) is 0 Å². The second-order valence-electron chi connectivity index (χ2n) is 7.53. The highest BCUT2D eigenvalue weighted by Crippen LogP contribution is 2.47. The molecule has 0 unspecified atom stereocenters. The van der Waals surface area contributed by atoms with E-state index in [2.05, 4.69) is 58.9 Å². The van der Waals surface area contributed by atoms with Gasteiger partial charge in [0, 0.05) is 19.6 Å². The number of hydrogen-bond donors (Lipinski definition) is 1. The van der Waals surface area contributed by atoms with Gasteiger partial charge in [-0.05, 0) is 60.6 Å². The maximum atomic E-state index is 3.66. The Labute approximate surface area is 140 Å². The molecular formula is C21H28N2. The van der Waals surface area contributed by atoms with Crippen LogP contribution in [0.1, 0.15) is 37.7 Å². The van der Waals surface area contributed by atoms with E-state index in [9.17, 15) is 0 Å². The molecule has 23 heavy (non-hydrogen) atoms. The van der Waals surface area contributed by atoms with Gasteiger partial charge in [0.05, 0.1) is 0 Å². The highest BCUT2D eigenvalue weighted by molar-refractivity contribution is 5.74. The molecule has 1 spiro atoms. The summed E-state index contributed by atoms with van der Waals surface area (Å²) in [5, 5.41) is 3.66. The van der Waals surface area contributed by atoms with Gasteiger partial charge in [-0.25, -0.2) is 0 Å². The van der Waals surface area contributed by atoms with Crippen molar-refractivity contribution >= 4 is 5.57 Å². The summed E-state index contributed by atoms with van der Waals surface area (Å²) in [5.74, 6) is 0.863. The van der Waals surface area contributed by atoms with Crippen LogP contribution in [-0.2, 0) is 0 Å². The summed E-state index contributed by atoms with van der Waals surface area (Å²) in [4.78, 5) is 2.53. The largest absolute Gasteiger partial charge is 0.373 e. The molecule has 3 aliphatic rings. The van der Waals surface area contributed by atoms with E-state index >= 15 is 0 Å². The fraction of sp³-hybridized carbons (Fsp3) is 0.524.